The van der Waals surface area contributed by atoms with Crippen molar-refractivity contribution in [1.29, 1.82) is 0 Å². The number of nitrogens with one attached hydrogen (secondary N) is 1. The van der Waals surface area contributed by atoms with Crippen LogP contribution in [0.15, 0.2) is 84.9 Å². The number of hydrogen-bond donors (Lipinski definition) is 1. The zero-order valence-corrected chi connectivity index (χ0v) is 16.0. The smallest absolute Gasteiger partial charge is 0.248 e. The highest BCUT2D eigenvalue weighted by Gasteiger charge is 2.24. The van der Waals surface area contributed by atoms with E-state index in [2.05, 4.69) is 5.32 Å². The van der Waals surface area contributed by atoms with Crippen LogP contribution >= 0.6 is 0 Å². The maximum atomic E-state index is 12.5. The molecule has 0 spiro atoms. The van der Waals surface area contributed by atoms with Gasteiger partial charge in [-0.05, 0) is 47.4 Å². The molecule has 29 heavy (non-hydrogen) atoms. The number of carbonyl (C=O) groups is 2. The van der Waals surface area contributed by atoms with Gasteiger partial charge < -0.3 is 10.2 Å². The Balaban J connectivity index is 1.48. The first-order valence-electron chi connectivity index (χ1n) is 9.70. The number of benzene rings is 3. The summed E-state index contributed by atoms with van der Waals surface area (Å²) in [7, 11) is 0. The van der Waals surface area contributed by atoms with Crippen LogP contribution in [-0.2, 0) is 22.6 Å². The molecule has 4 nitrogen and oxygen atoms in total. The zero-order chi connectivity index (χ0) is 20.1. The van der Waals surface area contributed by atoms with Crippen LogP contribution in [0.2, 0.25) is 0 Å². The molecule has 0 saturated carbocycles. The van der Waals surface area contributed by atoms with E-state index in [0.717, 1.165) is 28.1 Å². The fourth-order valence-corrected chi connectivity index (χ4v) is 3.50. The van der Waals surface area contributed by atoms with Gasteiger partial charge in [-0.3, -0.25) is 9.59 Å². The minimum absolute atomic E-state index is 0.129. The number of hydrogen-bond acceptors (Lipinski definition) is 2. The standard InChI is InChI=1S/C25H22N2O2/c28-24(15-11-19-7-3-1-4-8-19)26-22-13-14-23-21(17-22)12-16-25(29)27(23)18-20-9-5-2-6-10-20/h1-11,13-15,17H,12,16,18H2,(H,26,28)/b15-11+. The molecule has 3 aromatic rings. The van der Waals surface area contributed by atoms with Crippen molar-refractivity contribution < 1.29 is 9.59 Å². The average molecular weight is 382 g/mol. The summed E-state index contributed by atoms with van der Waals surface area (Å²) in [5.74, 6) is -0.0502. The summed E-state index contributed by atoms with van der Waals surface area (Å²) < 4.78 is 0. The fraction of sp³-hybridized carbons (Fsp3) is 0.120. The number of fused-ring (bicyclic) bond motifs is 1. The van der Waals surface area contributed by atoms with E-state index < -0.39 is 0 Å². The van der Waals surface area contributed by atoms with Gasteiger partial charge in [0.25, 0.3) is 0 Å². The van der Waals surface area contributed by atoms with Gasteiger partial charge in [0.2, 0.25) is 11.8 Å². The Hall–Kier alpha value is -3.66. The second-order valence-corrected chi connectivity index (χ2v) is 7.04. The lowest BCUT2D eigenvalue weighted by Crippen LogP contribution is -2.34. The van der Waals surface area contributed by atoms with Gasteiger partial charge in [0.05, 0.1) is 6.54 Å². The van der Waals surface area contributed by atoms with E-state index in [0.29, 0.717) is 19.4 Å². The third kappa shape index (κ3) is 4.61. The first-order valence-corrected chi connectivity index (χ1v) is 9.70. The predicted molar refractivity (Wildman–Crippen MR) is 117 cm³/mol. The van der Waals surface area contributed by atoms with Crippen LogP contribution < -0.4 is 10.2 Å². The van der Waals surface area contributed by atoms with Crippen molar-refractivity contribution in [1.82, 2.24) is 0 Å². The van der Waals surface area contributed by atoms with Crippen molar-refractivity contribution in [3.05, 3.63) is 102 Å². The molecule has 4 heteroatoms. The van der Waals surface area contributed by atoms with Gasteiger partial charge in [-0.2, -0.15) is 0 Å². The highest BCUT2D eigenvalue weighted by Crippen LogP contribution is 2.31. The summed E-state index contributed by atoms with van der Waals surface area (Å²) in [5.41, 5.74) is 4.80. The van der Waals surface area contributed by atoms with Crippen LogP contribution in [0.4, 0.5) is 11.4 Å². The fourth-order valence-electron chi connectivity index (χ4n) is 3.50. The summed E-state index contributed by atoms with van der Waals surface area (Å²) in [6.07, 6.45) is 4.47. The van der Waals surface area contributed by atoms with Crippen molar-refractivity contribution >= 4 is 29.3 Å². The molecule has 144 valence electrons. The number of anilines is 2. The molecule has 1 aliphatic rings. The first-order chi connectivity index (χ1) is 14.2. The van der Waals surface area contributed by atoms with E-state index >= 15 is 0 Å². The molecule has 0 fully saturated rings. The Kier molecular flexibility index (Phi) is 5.52. The quantitative estimate of drug-likeness (QED) is 0.643. The minimum Gasteiger partial charge on any atom is -0.323 e. The zero-order valence-electron chi connectivity index (χ0n) is 16.0. The van der Waals surface area contributed by atoms with Gasteiger partial charge in [-0.15, -0.1) is 0 Å². The first kappa shape index (κ1) is 18.7. The number of nitrogens with zero attached hydrogens (tertiary/aromatic N) is 1. The highest BCUT2D eigenvalue weighted by atomic mass is 16.2. The van der Waals surface area contributed by atoms with Crippen molar-refractivity contribution in [2.75, 3.05) is 10.2 Å². The molecule has 4 rings (SSSR count). The number of amides is 2. The van der Waals surface area contributed by atoms with Gasteiger partial charge in [-0.1, -0.05) is 60.7 Å². The molecule has 0 atom stereocenters. The van der Waals surface area contributed by atoms with Gasteiger partial charge in [0.1, 0.15) is 0 Å². The second kappa shape index (κ2) is 8.57. The largest absolute Gasteiger partial charge is 0.323 e. The number of carbonyl (C=O) groups excluding carboxylic acids is 2. The monoisotopic (exact) mass is 382 g/mol. The summed E-state index contributed by atoms with van der Waals surface area (Å²) in [5, 5.41) is 2.91. The van der Waals surface area contributed by atoms with Crippen LogP contribution in [0.1, 0.15) is 23.1 Å². The average Bonchev–Trinajstić information content (AvgIpc) is 2.76. The summed E-state index contributed by atoms with van der Waals surface area (Å²) >= 11 is 0. The molecule has 1 aliphatic heterocycles. The van der Waals surface area contributed by atoms with Crippen molar-refractivity contribution in [3.8, 4) is 0 Å². The Bertz CT molecular complexity index is 1040. The van der Waals surface area contributed by atoms with E-state index in [1.807, 2.05) is 83.8 Å². The third-order valence-corrected chi connectivity index (χ3v) is 4.96. The lowest BCUT2D eigenvalue weighted by Gasteiger charge is -2.30. The Morgan fingerprint density at radius 1 is 0.931 bits per heavy atom. The van der Waals surface area contributed by atoms with Crippen LogP contribution in [0.25, 0.3) is 6.08 Å². The molecule has 0 aliphatic carbocycles. The summed E-state index contributed by atoms with van der Waals surface area (Å²) in [4.78, 5) is 26.6. The maximum absolute atomic E-state index is 12.5. The molecule has 0 radical (unpaired) electrons. The SMILES string of the molecule is O=C(/C=C/c1ccccc1)Nc1ccc2c(c1)CCC(=O)N2Cc1ccccc1. The summed E-state index contributed by atoms with van der Waals surface area (Å²) in [6.45, 7) is 0.554. The predicted octanol–water partition coefficient (Wildman–Crippen LogP) is 4.82. The topological polar surface area (TPSA) is 49.4 Å². The maximum Gasteiger partial charge on any atom is 0.248 e. The van der Waals surface area contributed by atoms with Gasteiger partial charge >= 0.3 is 0 Å². The third-order valence-electron chi connectivity index (χ3n) is 4.96. The van der Waals surface area contributed by atoms with E-state index in [4.69, 9.17) is 0 Å². The molecule has 1 N–H and O–H groups in total. The Morgan fingerprint density at radius 3 is 2.41 bits per heavy atom. The van der Waals surface area contributed by atoms with Crippen molar-refractivity contribution in [2.24, 2.45) is 0 Å². The summed E-state index contributed by atoms with van der Waals surface area (Å²) in [6, 6.07) is 25.4. The molecule has 1 heterocycles. The molecule has 2 amide bonds. The van der Waals surface area contributed by atoms with E-state index in [-0.39, 0.29) is 11.8 Å². The Labute approximate surface area is 170 Å². The minimum atomic E-state index is -0.179. The van der Waals surface area contributed by atoms with Gasteiger partial charge in [0, 0.05) is 23.9 Å². The van der Waals surface area contributed by atoms with Crippen molar-refractivity contribution in [2.45, 2.75) is 19.4 Å². The molecular weight excluding hydrogens is 360 g/mol. The molecule has 0 unspecified atom stereocenters. The lowest BCUT2D eigenvalue weighted by molar-refractivity contribution is -0.119. The lowest BCUT2D eigenvalue weighted by atomic mass is 9.99. The van der Waals surface area contributed by atoms with Gasteiger partial charge in [-0.25, -0.2) is 0 Å². The number of aryl methyl sites for hydroxylation is 1. The highest BCUT2D eigenvalue weighted by molar-refractivity contribution is 6.02. The molecular formula is C25H22N2O2. The second-order valence-electron chi connectivity index (χ2n) is 7.04. The van der Waals surface area contributed by atoms with Crippen LogP contribution in [0.5, 0.6) is 0 Å². The van der Waals surface area contributed by atoms with E-state index in [1.165, 1.54) is 6.08 Å². The number of rotatable bonds is 5. The van der Waals surface area contributed by atoms with E-state index in [9.17, 15) is 9.59 Å². The van der Waals surface area contributed by atoms with Crippen LogP contribution in [0.3, 0.4) is 0 Å². The molecule has 0 saturated heterocycles. The molecule has 3 aromatic carbocycles. The van der Waals surface area contributed by atoms with Crippen molar-refractivity contribution in [3.63, 3.8) is 0 Å². The molecule has 0 bridgehead atoms. The van der Waals surface area contributed by atoms with Crippen LogP contribution in [0, 0.1) is 0 Å². The normalized spacial score (nSPS) is 13.4. The molecule has 0 aromatic heterocycles. The van der Waals surface area contributed by atoms with Gasteiger partial charge in [0.15, 0.2) is 0 Å². The van der Waals surface area contributed by atoms with E-state index in [1.54, 1.807) is 6.08 Å². The van der Waals surface area contributed by atoms with Crippen LogP contribution in [-0.4, -0.2) is 11.8 Å². The Morgan fingerprint density at radius 2 is 1.66 bits per heavy atom.